The third-order valence-electron chi connectivity index (χ3n) is 2.08. The molecule has 1 aromatic carbocycles. The zero-order valence-corrected chi connectivity index (χ0v) is 11.2. The number of carbonyl (C=O) groups excluding carboxylic acids is 2. The minimum Gasteiger partial charge on any atom is -0.340 e. The number of halogens is 1. The molecule has 0 heterocycles. The van der Waals surface area contributed by atoms with Crippen LogP contribution in [0.2, 0.25) is 5.02 Å². The van der Waals surface area contributed by atoms with Crippen LogP contribution in [-0.4, -0.2) is 27.3 Å². The molecule has 2 amide bonds. The van der Waals surface area contributed by atoms with Crippen LogP contribution in [0.1, 0.15) is 17.3 Å². The average Bonchev–Trinajstić information content (AvgIpc) is 2.28. The summed E-state index contributed by atoms with van der Waals surface area (Å²) in [5, 5.41) is 2.04. The predicted octanol–water partition coefficient (Wildman–Crippen LogP) is 1.16. The van der Waals surface area contributed by atoms with Gasteiger partial charge in [-0.15, -0.1) is 0 Å². The van der Waals surface area contributed by atoms with Gasteiger partial charge in [0.15, 0.2) is 5.78 Å². The van der Waals surface area contributed by atoms with E-state index >= 15 is 0 Å². The number of hydrogen-bond donors (Lipinski definition) is 2. The van der Waals surface area contributed by atoms with Crippen LogP contribution in [0.25, 0.3) is 0 Å². The van der Waals surface area contributed by atoms with Gasteiger partial charge in [0.2, 0.25) is 0 Å². The van der Waals surface area contributed by atoms with Crippen LogP contribution in [0.3, 0.4) is 0 Å². The zero-order valence-electron chi connectivity index (χ0n) is 9.65. The number of ketones is 1. The molecule has 0 atom stereocenters. The molecule has 8 heteroatoms. The van der Waals surface area contributed by atoms with Crippen molar-refractivity contribution in [1.29, 1.82) is 0 Å². The average molecular weight is 291 g/mol. The van der Waals surface area contributed by atoms with Crippen LogP contribution in [0.15, 0.2) is 23.1 Å². The Labute approximate surface area is 109 Å². The summed E-state index contributed by atoms with van der Waals surface area (Å²) in [4.78, 5) is 21.9. The van der Waals surface area contributed by atoms with E-state index in [4.69, 9.17) is 11.6 Å². The van der Waals surface area contributed by atoms with E-state index in [1.54, 1.807) is 4.72 Å². The van der Waals surface area contributed by atoms with Crippen molar-refractivity contribution >= 4 is 33.4 Å². The maximum absolute atomic E-state index is 11.8. The van der Waals surface area contributed by atoms with Crippen molar-refractivity contribution in [2.24, 2.45) is 0 Å². The van der Waals surface area contributed by atoms with Crippen molar-refractivity contribution in [3.05, 3.63) is 28.8 Å². The van der Waals surface area contributed by atoms with Gasteiger partial charge in [0.1, 0.15) is 4.90 Å². The number of Topliss-reactive ketones (excluding diaryl/α,β-unsaturated/α-hetero) is 1. The number of nitrogens with one attached hydrogen (secondary N) is 2. The highest BCUT2D eigenvalue weighted by molar-refractivity contribution is 7.90. The van der Waals surface area contributed by atoms with Gasteiger partial charge in [-0.05, 0) is 25.1 Å². The van der Waals surface area contributed by atoms with Gasteiger partial charge in [0.05, 0.1) is 5.02 Å². The highest BCUT2D eigenvalue weighted by Gasteiger charge is 2.21. The number of rotatable bonds is 3. The molecule has 0 aromatic heterocycles. The highest BCUT2D eigenvalue weighted by Crippen LogP contribution is 2.22. The molecule has 0 saturated heterocycles. The van der Waals surface area contributed by atoms with E-state index in [2.05, 4.69) is 5.32 Å². The van der Waals surface area contributed by atoms with E-state index in [9.17, 15) is 18.0 Å². The maximum Gasteiger partial charge on any atom is 0.328 e. The lowest BCUT2D eigenvalue weighted by atomic mass is 10.1. The molecular weight excluding hydrogens is 280 g/mol. The van der Waals surface area contributed by atoms with Gasteiger partial charge >= 0.3 is 6.03 Å². The smallest absolute Gasteiger partial charge is 0.328 e. The van der Waals surface area contributed by atoms with Crippen LogP contribution in [0, 0.1) is 0 Å². The van der Waals surface area contributed by atoms with Crippen LogP contribution >= 0.6 is 11.6 Å². The summed E-state index contributed by atoms with van der Waals surface area (Å²) >= 11 is 5.75. The van der Waals surface area contributed by atoms with Crippen molar-refractivity contribution < 1.29 is 18.0 Å². The fraction of sp³-hybridized carbons (Fsp3) is 0.200. The third kappa shape index (κ3) is 3.21. The normalized spacial score (nSPS) is 10.8. The van der Waals surface area contributed by atoms with E-state index in [1.807, 2.05) is 0 Å². The fourth-order valence-electron chi connectivity index (χ4n) is 1.16. The number of hydrogen-bond acceptors (Lipinski definition) is 4. The van der Waals surface area contributed by atoms with Gasteiger partial charge in [-0.2, -0.15) is 0 Å². The monoisotopic (exact) mass is 290 g/mol. The number of urea groups is 1. The summed E-state index contributed by atoms with van der Waals surface area (Å²) in [5.74, 6) is -0.303. The number of carbonyl (C=O) groups is 2. The summed E-state index contributed by atoms with van der Waals surface area (Å²) in [6.07, 6.45) is 0. The second-order valence-electron chi connectivity index (χ2n) is 3.39. The largest absolute Gasteiger partial charge is 0.340 e. The topological polar surface area (TPSA) is 92.3 Å². The van der Waals surface area contributed by atoms with E-state index in [-0.39, 0.29) is 21.3 Å². The Morgan fingerprint density at radius 1 is 1.28 bits per heavy atom. The van der Waals surface area contributed by atoms with Crippen molar-refractivity contribution in [1.82, 2.24) is 10.0 Å². The molecule has 98 valence electrons. The number of sulfonamides is 1. The lowest BCUT2D eigenvalue weighted by Crippen LogP contribution is -2.37. The minimum absolute atomic E-state index is 0.0728. The predicted molar refractivity (Wildman–Crippen MR) is 66.2 cm³/mol. The molecular formula is C10H11ClN2O4S. The van der Waals surface area contributed by atoms with Gasteiger partial charge in [0, 0.05) is 12.6 Å². The van der Waals surface area contributed by atoms with E-state index in [1.165, 1.54) is 26.1 Å². The first-order valence-corrected chi connectivity index (χ1v) is 6.69. The molecule has 0 spiro atoms. The molecule has 18 heavy (non-hydrogen) atoms. The molecule has 0 aliphatic carbocycles. The molecule has 1 aromatic rings. The SMILES string of the molecule is CNC(=O)NS(=O)(=O)c1cc(C(C)=O)ccc1Cl. The lowest BCUT2D eigenvalue weighted by Gasteiger charge is -2.08. The molecule has 0 aliphatic rings. The molecule has 0 unspecified atom stereocenters. The Kier molecular flexibility index (Phi) is 4.31. The van der Waals surface area contributed by atoms with Crippen molar-refractivity contribution in [2.45, 2.75) is 11.8 Å². The Balaban J connectivity index is 3.27. The molecule has 6 nitrogen and oxygen atoms in total. The zero-order chi connectivity index (χ0) is 13.9. The molecule has 1 rings (SSSR count). The van der Waals surface area contributed by atoms with Crippen LogP contribution < -0.4 is 10.0 Å². The fourth-order valence-corrected chi connectivity index (χ4v) is 2.64. The van der Waals surface area contributed by atoms with Crippen molar-refractivity contribution in [2.75, 3.05) is 7.05 Å². The van der Waals surface area contributed by atoms with Gasteiger partial charge in [-0.3, -0.25) is 4.79 Å². The van der Waals surface area contributed by atoms with Gasteiger partial charge in [0.25, 0.3) is 10.0 Å². The van der Waals surface area contributed by atoms with Crippen LogP contribution in [-0.2, 0) is 10.0 Å². The second-order valence-corrected chi connectivity index (χ2v) is 5.44. The molecule has 0 radical (unpaired) electrons. The first-order chi connectivity index (χ1) is 8.27. The standard InChI is InChI=1S/C10H11ClN2O4S/c1-6(14)7-3-4-8(11)9(5-7)18(16,17)13-10(15)12-2/h3-5H,1-2H3,(H2,12,13,15). The van der Waals surface area contributed by atoms with Crippen molar-refractivity contribution in [3.63, 3.8) is 0 Å². The Morgan fingerprint density at radius 2 is 1.89 bits per heavy atom. The van der Waals surface area contributed by atoms with E-state index in [0.717, 1.165) is 6.07 Å². The molecule has 0 fully saturated rings. The maximum atomic E-state index is 11.8. The Bertz CT molecular complexity index is 598. The Hall–Kier alpha value is -1.60. The third-order valence-corrected chi connectivity index (χ3v) is 3.89. The first kappa shape index (κ1) is 14.5. The second kappa shape index (κ2) is 5.36. The van der Waals surface area contributed by atoms with Crippen LogP contribution in [0.4, 0.5) is 4.79 Å². The van der Waals surface area contributed by atoms with E-state index in [0.29, 0.717) is 0 Å². The first-order valence-electron chi connectivity index (χ1n) is 4.83. The quantitative estimate of drug-likeness (QED) is 0.817. The molecule has 0 bridgehead atoms. The molecule has 0 aliphatic heterocycles. The summed E-state index contributed by atoms with van der Waals surface area (Å²) < 4.78 is 25.4. The molecule has 0 saturated carbocycles. The summed E-state index contributed by atoms with van der Waals surface area (Å²) in [6.45, 7) is 1.30. The molecule has 2 N–H and O–H groups in total. The van der Waals surface area contributed by atoms with Gasteiger partial charge < -0.3 is 5.32 Å². The van der Waals surface area contributed by atoms with Gasteiger partial charge in [-0.1, -0.05) is 11.6 Å². The van der Waals surface area contributed by atoms with Crippen LogP contribution in [0.5, 0.6) is 0 Å². The van der Waals surface area contributed by atoms with E-state index < -0.39 is 16.1 Å². The summed E-state index contributed by atoms with van der Waals surface area (Å²) in [5.41, 5.74) is 0.191. The Morgan fingerprint density at radius 3 is 2.39 bits per heavy atom. The number of benzene rings is 1. The summed E-state index contributed by atoms with van der Waals surface area (Å²) in [6, 6.07) is 2.93. The highest BCUT2D eigenvalue weighted by atomic mass is 35.5. The number of amides is 2. The van der Waals surface area contributed by atoms with Crippen molar-refractivity contribution in [3.8, 4) is 0 Å². The minimum atomic E-state index is -4.10. The van der Waals surface area contributed by atoms with Gasteiger partial charge in [-0.25, -0.2) is 17.9 Å². The summed E-state index contributed by atoms with van der Waals surface area (Å²) in [7, 11) is -2.83. The lowest BCUT2D eigenvalue weighted by molar-refractivity contribution is 0.101.